The number of rotatable bonds is 8. The van der Waals surface area contributed by atoms with Gasteiger partial charge >= 0.3 is 0 Å². The Labute approximate surface area is 157 Å². The van der Waals surface area contributed by atoms with E-state index in [9.17, 15) is 9.59 Å². The van der Waals surface area contributed by atoms with Crippen molar-refractivity contribution in [2.45, 2.75) is 12.8 Å². The molecule has 0 unspecified atom stereocenters. The van der Waals surface area contributed by atoms with Crippen LogP contribution in [0.5, 0.6) is 11.5 Å². The topological polar surface area (TPSA) is 76.7 Å². The van der Waals surface area contributed by atoms with Crippen LogP contribution in [0, 0.1) is 0 Å². The van der Waals surface area contributed by atoms with Gasteiger partial charge in [-0.05, 0) is 12.0 Å². The van der Waals surface area contributed by atoms with E-state index in [2.05, 4.69) is 10.6 Å². The predicted octanol–water partition coefficient (Wildman–Crippen LogP) is 3.04. The zero-order chi connectivity index (χ0) is 18.9. The second kappa shape index (κ2) is 9.68. The number of aryl methyl sites for hydroxylation is 1. The summed E-state index contributed by atoms with van der Waals surface area (Å²) in [5.41, 5.74) is 1.49. The summed E-state index contributed by atoms with van der Waals surface area (Å²) in [6, 6.07) is 12.8. The van der Waals surface area contributed by atoms with E-state index in [1.165, 1.54) is 14.2 Å². The van der Waals surface area contributed by atoms with E-state index in [0.29, 0.717) is 35.1 Å². The van der Waals surface area contributed by atoms with Gasteiger partial charge in [0, 0.05) is 18.6 Å². The summed E-state index contributed by atoms with van der Waals surface area (Å²) in [6.45, 7) is -0.137. The summed E-state index contributed by atoms with van der Waals surface area (Å²) >= 11 is 6.03. The summed E-state index contributed by atoms with van der Waals surface area (Å²) < 4.78 is 10.3. The van der Waals surface area contributed by atoms with Crippen LogP contribution in [0.15, 0.2) is 42.5 Å². The minimum atomic E-state index is -0.374. The summed E-state index contributed by atoms with van der Waals surface area (Å²) in [6.07, 6.45) is 0.936. The van der Waals surface area contributed by atoms with Gasteiger partial charge in [-0.1, -0.05) is 41.9 Å². The first-order valence-electron chi connectivity index (χ1n) is 8.05. The number of methoxy groups -OCH3 is 2. The molecule has 0 fully saturated rings. The molecule has 0 atom stereocenters. The highest BCUT2D eigenvalue weighted by molar-refractivity contribution is 6.32. The molecule has 0 saturated heterocycles. The van der Waals surface area contributed by atoms with Crippen LogP contribution in [0.25, 0.3) is 0 Å². The van der Waals surface area contributed by atoms with Gasteiger partial charge in [0.25, 0.3) is 0 Å². The Hall–Kier alpha value is -2.73. The van der Waals surface area contributed by atoms with E-state index >= 15 is 0 Å². The molecule has 0 aliphatic carbocycles. The van der Waals surface area contributed by atoms with E-state index in [4.69, 9.17) is 21.1 Å². The number of halogens is 1. The maximum atomic E-state index is 12.1. The maximum absolute atomic E-state index is 12.1. The number of carbonyl (C=O) groups excluding carboxylic acids is 2. The molecule has 2 rings (SSSR count). The molecule has 2 amide bonds. The number of anilines is 1. The fourth-order valence-corrected chi connectivity index (χ4v) is 2.55. The highest BCUT2D eigenvalue weighted by atomic mass is 35.5. The van der Waals surface area contributed by atoms with Gasteiger partial charge in [-0.2, -0.15) is 0 Å². The average molecular weight is 377 g/mol. The molecule has 0 aliphatic heterocycles. The molecule has 0 aromatic heterocycles. The van der Waals surface area contributed by atoms with Crippen LogP contribution in [0.1, 0.15) is 12.0 Å². The SMILES string of the molecule is COc1cc(NC(=O)CNC(=O)CCc2ccccc2)c(OC)cc1Cl. The van der Waals surface area contributed by atoms with Gasteiger partial charge in [-0.25, -0.2) is 0 Å². The summed E-state index contributed by atoms with van der Waals surface area (Å²) in [4.78, 5) is 24.0. The third-order valence-electron chi connectivity index (χ3n) is 3.68. The van der Waals surface area contributed by atoms with Crippen molar-refractivity contribution in [3.8, 4) is 11.5 Å². The number of carbonyl (C=O) groups is 2. The number of ether oxygens (including phenoxy) is 2. The molecule has 0 aliphatic rings. The van der Waals surface area contributed by atoms with Gasteiger partial charge < -0.3 is 20.1 Å². The van der Waals surface area contributed by atoms with E-state index in [-0.39, 0.29) is 18.4 Å². The molecule has 138 valence electrons. The Bertz CT molecular complexity index is 766. The van der Waals surface area contributed by atoms with Gasteiger partial charge in [0.15, 0.2) is 0 Å². The molecule has 2 aromatic rings. The number of amides is 2. The van der Waals surface area contributed by atoms with Crippen LogP contribution in [-0.2, 0) is 16.0 Å². The van der Waals surface area contributed by atoms with Crippen LogP contribution >= 0.6 is 11.6 Å². The monoisotopic (exact) mass is 376 g/mol. The van der Waals surface area contributed by atoms with Gasteiger partial charge in [-0.15, -0.1) is 0 Å². The Morgan fingerprint density at radius 2 is 1.69 bits per heavy atom. The van der Waals surface area contributed by atoms with Crippen molar-refractivity contribution in [2.75, 3.05) is 26.1 Å². The molecular formula is C19H21ClN2O4. The van der Waals surface area contributed by atoms with Crippen LogP contribution in [-0.4, -0.2) is 32.6 Å². The van der Waals surface area contributed by atoms with Crippen molar-refractivity contribution < 1.29 is 19.1 Å². The Morgan fingerprint density at radius 3 is 2.35 bits per heavy atom. The Kier molecular flexibility index (Phi) is 7.29. The molecule has 0 radical (unpaired) electrons. The third-order valence-corrected chi connectivity index (χ3v) is 3.97. The molecule has 6 nitrogen and oxygen atoms in total. The van der Waals surface area contributed by atoms with Gasteiger partial charge in [0.1, 0.15) is 11.5 Å². The summed E-state index contributed by atoms with van der Waals surface area (Å²) in [5.74, 6) is 0.250. The Morgan fingerprint density at radius 1 is 1.00 bits per heavy atom. The number of hydrogen-bond donors (Lipinski definition) is 2. The smallest absolute Gasteiger partial charge is 0.243 e. The van der Waals surface area contributed by atoms with E-state index in [1.807, 2.05) is 30.3 Å². The molecule has 0 spiro atoms. The van der Waals surface area contributed by atoms with Crippen molar-refractivity contribution >= 4 is 29.1 Å². The quantitative estimate of drug-likeness (QED) is 0.742. The fraction of sp³-hybridized carbons (Fsp3) is 0.263. The van der Waals surface area contributed by atoms with E-state index < -0.39 is 0 Å². The van der Waals surface area contributed by atoms with E-state index in [1.54, 1.807) is 12.1 Å². The van der Waals surface area contributed by atoms with Crippen LogP contribution in [0.3, 0.4) is 0 Å². The zero-order valence-electron chi connectivity index (χ0n) is 14.7. The molecule has 2 aromatic carbocycles. The lowest BCUT2D eigenvalue weighted by atomic mass is 10.1. The highest BCUT2D eigenvalue weighted by Gasteiger charge is 2.13. The minimum absolute atomic E-state index is 0.137. The first kappa shape index (κ1) is 19.6. The normalized spacial score (nSPS) is 10.1. The third kappa shape index (κ3) is 5.67. The van der Waals surface area contributed by atoms with Crippen molar-refractivity contribution in [3.05, 3.63) is 53.1 Å². The minimum Gasteiger partial charge on any atom is -0.495 e. The van der Waals surface area contributed by atoms with Crippen molar-refractivity contribution in [2.24, 2.45) is 0 Å². The first-order chi connectivity index (χ1) is 12.5. The maximum Gasteiger partial charge on any atom is 0.243 e. The average Bonchev–Trinajstić information content (AvgIpc) is 2.66. The van der Waals surface area contributed by atoms with E-state index in [0.717, 1.165) is 5.56 Å². The van der Waals surface area contributed by atoms with Gasteiger partial charge in [0.2, 0.25) is 11.8 Å². The molecule has 0 saturated carbocycles. The van der Waals surface area contributed by atoms with Crippen LogP contribution in [0.2, 0.25) is 5.02 Å². The first-order valence-corrected chi connectivity index (χ1v) is 8.43. The fourth-order valence-electron chi connectivity index (χ4n) is 2.32. The van der Waals surface area contributed by atoms with Gasteiger partial charge in [-0.3, -0.25) is 9.59 Å². The summed E-state index contributed by atoms with van der Waals surface area (Å²) in [7, 11) is 2.95. The van der Waals surface area contributed by atoms with Crippen molar-refractivity contribution in [1.29, 1.82) is 0 Å². The second-order valence-corrected chi connectivity index (χ2v) is 5.90. The lowest BCUT2D eigenvalue weighted by Gasteiger charge is -2.13. The molecule has 7 heteroatoms. The molecule has 2 N–H and O–H groups in total. The number of benzene rings is 2. The van der Waals surface area contributed by atoms with Crippen molar-refractivity contribution in [3.63, 3.8) is 0 Å². The summed E-state index contributed by atoms with van der Waals surface area (Å²) in [5, 5.41) is 5.65. The van der Waals surface area contributed by atoms with Crippen LogP contribution < -0.4 is 20.1 Å². The Balaban J connectivity index is 1.85. The number of hydrogen-bond acceptors (Lipinski definition) is 4. The molecular weight excluding hydrogens is 356 g/mol. The zero-order valence-corrected chi connectivity index (χ0v) is 15.4. The lowest BCUT2D eigenvalue weighted by Crippen LogP contribution is -2.33. The second-order valence-electron chi connectivity index (χ2n) is 5.50. The molecule has 26 heavy (non-hydrogen) atoms. The highest BCUT2D eigenvalue weighted by Crippen LogP contribution is 2.35. The molecule has 0 bridgehead atoms. The van der Waals surface area contributed by atoms with Gasteiger partial charge in [0.05, 0.1) is 31.5 Å². The lowest BCUT2D eigenvalue weighted by molar-refractivity contribution is -0.124. The number of nitrogens with one attached hydrogen (secondary N) is 2. The standard InChI is InChI=1S/C19H21ClN2O4/c1-25-16-11-15(17(26-2)10-14(16)20)22-19(24)12-21-18(23)9-8-13-6-4-3-5-7-13/h3-7,10-11H,8-9,12H2,1-2H3,(H,21,23)(H,22,24). The van der Waals surface area contributed by atoms with Crippen LogP contribution in [0.4, 0.5) is 5.69 Å². The predicted molar refractivity (Wildman–Crippen MR) is 101 cm³/mol. The molecule has 0 heterocycles. The largest absolute Gasteiger partial charge is 0.495 e. The van der Waals surface area contributed by atoms with Crippen molar-refractivity contribution in [1.82, 2.24) is 5.32 Å².